The number of nitrogens with zero attached hydrogens (tertiary/aromatic N) is 5. The van der Waals surface area contributed by atoms with E-state index in [9.17, 15) is 18.0 Å². The number of hydrogen-bond acceptors (Lipinski definition) is 9. The minimum atomic E-state index is -4.85. The summed E-state index contributed by atoms with van der Waals surface area (Å²) >= 11 is 5.93. The SMILES string of the molecule is Cc1nc(N2CCN(CCO)CC2)nc2ncc(NC(=O)COc3ccc(OC(F)(F)F)cc3Cl)cc12. The van der Waals surface area contributed by atoms with Crippen LogP contribution in [0.3, 0.4) is 0 Å². The highest BCUT2D eigenvalue weighted by atomic mass is 35.5. The molecule has 2 N–H and O–H groups in total. The molecule has 0 atom stereocenters. The minimum absolute atomic E-state index is 0.0249. The van der Waals surface area contributed by atoms with Gasteiger partial charge in [-0.2, -0.15) is 4.98 Å². The first kappa shape index (κ1) is 26.6. The Morgan fingerprint density at radius 3 is 2.62 bits per heavy atom. The summed E-state index contributed by atoms with van der Waals surface area (Å²) in [7, 11) is 0. The Bertz CT molecular complexity index is 1270. The van der Waals surface area contributed by atoms with Crippen LogP contribution >= 0.6 is 11.6 Å². The topological polar surface area (TPSA) is 113 Å². The maximum absolute atomic E-state index is 12.4. The van der Waals surface area contributed by atoms with E-state index in [0.29, 0.717) is 34.9 Å². The summed E-state index contributed by atoms with van der Waals surface area (Å²) in [6.45, 7) is 5.25. The second-order valence-electron chi connectivity index (χ2n) is 8.23. The molecule has 14 heteroatoms. The van der Waals surface area contributed by atoms with E-state index in [1.165, 1.54) is 12.3 Å². The Morgan fingerprint density at radius 2 is 1.95 bits per heavy atom. The van der Waals surface area contributed by atoms with Crippen molar-refractivity contribution in [3.63, 3.8) is 0 Å². The highest BCUT2D eigenvalue weighted by Crippen LogP contribution is 2.31. The van der Waals surface area contributed by atoms with Crippen molar-refractivity contribution in [1.29, 1.82) is 0 Å². The van der Waals surface area contributed by atoms with Crippen molar-refractivity contribution in [1.82, 2.24) is 19.9 Å². The fraction of sp³-hybridized carbons (Fsp3) is 0.391. The van der Waals surface area contributed by atoms with E-state index < -0.39 is 24.6 Å². The normalized spacial score (nSPS) is 14.6. The number of carbonyl (C=O) groups is 1. The van der Waals surface area contributed by atoms with Crippen LogP contribution < -0.4 is 19.7 Å². The number of nitrogens with one attached hydrogen (secondary N) is 1. The fourth-order valence-electron chi connectivity index (χ4n) is 3.80. The monoisotopic (exact) mass is 540 g/mol. The number of fused-ring (bicyclic) bond motifs is 1. The van der Waals surface area contributed by atoms with Crippen LogP contribution in [-0.2, 0) is 4.79 Å². The summed E-state index contributed by atoms with van der Waals surface area (Å²) in [5.74, 6) is -0.420. The quantitative estimate of drug-likeness (QED) is 0.445. The number of carbonyl (C=O) groups excluding carboxylic acids is 1. The number of aryl methyl sites for hydroxylation is 1. The smallest absolute Gasteiger partial charge is 0.482 e. The van der Waals surface area contributed by atoms with Crippen molar-refractivity contribution < 1.29 is 32.5 Å². The van der Waals surface area contributed by atoms with Gasteiger partial charge in [0.2, 0.25) is 5.95 Å². The van der Waals surface area contributed by atoms with Crippen LogP contribution in [0.25, 0.3) is 11.0 Å². The molecule has 1 amide bonds. The summed E-state index contributed by atoms with van der Waals surface area (Å²) in [4.78, 5) is 30.2. The Morgan fingerprint density at radius 1 is 1.19 bits per heavy atom. The third-order valence-electron chi connectivity index (χ3n) is 5.58. The van der Waals surface area contributed by atoms with Gasteiger partial charge in [0.1, 0.15) is 11.5 Å². The highest BCUT2D eigenvalue weighted by Gasteiger charge is 2.31. The lowest BCUT2D eigenvalue weighted by atomic mass is 10.2. The van der Waals surface area contributed by atoms with Crippen LogP contribution in [0.5, 0.6) is 11.5 Å². The summed E-state index contributed by atoms with van der Waals surface area (Å²) in [5.41, 5.74) is 1.59. The lowest BCUT2D eigenvalue weighted by Gasteiger charge is -2.34. The number of piperazine rings is 1. The second-order valence-corrected chi connectivity index (χ2v) is 8.64. The van der Waals surface area contributed by atoms with E-state index in [1.807, 2.05) is 6.92 Å². The van der Waals surface area contributed by atoms with E-state index in [2.05, 4.69) is 34.8 Å². The molecule has 1 aromatic carbocycles. The molecule has 198 valence electrons. The molecule has 0 unspecified atom stereocenters. The third-order valence-corrected chi connectivity index (χ3v) is 5.88. The molecule has 0 bridgehead atoms. The Kier molecular flexibility index (Phi) is 8.15. The number of hydrogen-bond donors (Lipinski definition) is 2. The molecule has 3 aromatic rings. The van der Waals surface area contributed by atoms with Gasteiger partial charge in [-0.15, -0.1) is 13.2 Å². The molecule has 0 spiro atoms. The van der Waals surface area contributed by atoms with Crippen LogP contribution in [0.1, 0.15) is 5.69 Å². The number of aliphatic hydroxyl groups is 1. The van der Waals surface area contributed by atoms with Gasteiger partial charge in [-0.05, 0) is 25.1 Å². The van der Waals surface area contributed by atoms with Gasteiger partial charge in [0, 0.05) is 44.2 Å². The Labute approximate surface area is 215 Å². The van der Waals surface area contributed by atoms with Crippen LogP contribution in [0.2, 0.25) is 5.02 Å². The number of benzene rings is 1. The van der Waals surface area contributed by atoms with E-state index in [4.69, 9.17) is 21.4 Å². The molecule has 3 heterocycles. The first-order chi connectivity index (χ1) is 17.6. The van der Waals surface area contributed by atoms with Crippen LogP contribution in [0.15, 0.2) is 30.5 Å². The number of halogens is 4. The molecule has 0 radical (unpaired) electrons. The molecular weight excluding hydrogens is 517 g/mol. The molecule has 37 heavy (non-hydrogen) atoms. The van der Waals surface area contributed by atoms with Crippen molar-refractivity contribution in [3.05, 3.63) is 41.2 Å². The lowest BCUT2D eigenvalue weighted by Crippen LogP contribution is -2.47. The minimum Gasteiger partial charge on any atom is -0.482 e. The van der Waals surface area contributed by atoms with E-state index in [1.54, 1.807) is 6.07 Å². The second kappa shape index (κ2) is 11.3. The number of rotatable bonds is 8. The molecule has 0 saturated carbocycles. The summed E-state index contributed by atoms with van der Waals surface area (Å²) in [6, 6.07) is 4.86. The zero-order valence-corrected chi connectivity index (χ0v) is 20.5. The number of aliphatic hydroxyl groups excluding tert-OH is 1. The van der Waals surface area contributed by atoms with Crippen molar-refractivity contribution >= 4 is 40.2 Å². The van der Waals surface area contributed by atoms with Gasteiger partial charge >= 0.3 is 6.36 Å². The highest BCUT2D eigenvalue weighted by molar-refractivity contribution is 6.32. The van der Waals surface area contributed by atoms with Gasteiger partial charge < -0.3 is 24.8 Å². The van der Waals surface area contributed by atoms with Gasteiger partial charge in [0.25, 0.3) is 5.91 Å². The van der Waals surface area contributed by atoms with Crippen molar-refractivity contribution in [3.8, 4) is 11.5 Å². The molecule has 2 aromatic heterocycles. The predicted octanol–water partition coefficient (Wildman–Crippen LogP) is 3.02. The van der Waals surface area contributed by atoms with Gasteiger partial charge in [-0.1, -0.05) is 11.6 Å². The van der Waals surface area contributed by atoms with E-state index in [0.717, 1.165) is 38.3 Å². The first-order valence-electron chi connectivity index (χ1n) is 11.3. The number of pyridine rings is 1. The van der Waals surface area contributed by atoms with Crippen molar-refractivity contribution in [2.45, 2.75) is 13.3 Å². The van der Waals surface area contributed by atoms with Gasteiger partial charge in [0.15, 0.2) is 12.3 Å². The van der Waals surface area contributed by atoms with E-state index in [-0.39, 0.29) is 17.4 Å². The number of anilines is 2. The average Bonchev–Trinajstić information content (AvgIpc) is 2.83. The van der Waals surface area contributed by atoms with Gasteiger partial charge in [-0.25, -0.2) is 9.97 Å². The zero-order valence-electron chi connectivity index (χ0n) is 19.8. The van der Waals surface area contributed by atoms with Crippen molar-refractivity contribution in [2.75, 3.05) is 56.2 Å². The van der Waals surface area contributed by atoms with Crippen LogP contribution in [-0.4, -0.2) is 83.2 Å². The molecule has 1 aliphatic heterocycles. The first-order valence-corrected chi connectivity index (χ1v) is 11.7. The molecule has 1 saturated heterocycles. The predicted molar refractivity (Wildman–Crippen MR) is 130 cm³/mol. The number of ether oxygens (including phenoxy) is 2. The zero-order chi connectivity index (χ0) is 26.6. The maximum atomic E-state index is 12.4. The molecule has 4 rings (SSSR count). The maximum Gasteiger partial charge on any atom is 0.573 e. The number of alkyl halides is 3. The van der Waals surface area contributed by atoms with E-state index >= 15 is 0 Å². The summed E-state index contributed by atoms with van der Waals surface area (Å²) in [6.07, 6.45) is -3.38. The van der Waals surface area contributed by atoms with Crippen LogP contribution in [0.4, 0.5) is 24.8 Å². The Balaban J connectivity index is 1.37. The molecule has 0 aliphatic carbocycles. The fourth-order valence-corrected chi connectivity index (χ4v) is 4.03. The summed E-state index contributed by atoms with van der Waals surface area (Å²) < 4.78 is 46.1. The molecule has 1 aliphatic rings. The molecular formula is C23H24ClF3N6O4. The standard InChI is InChI=1S/C23H24ClF3N6O4/c1-14-17-10-15(12-28-21(17)31-22(29-14)33-6-4-32(5-7-33)8-9-34)30-20(35)13-36-19-3-2-16(11-18(19)24)37-23(25,26)27/h2-3,10-12,34H,4-9,13H2,1H3,(H,30,35). The Hall–Kier alpha value is -3.42. The van der Waals surface area contributed by atoms with Gasteiger partial charge in [-0.3, -0.25) is 9.69 Å². The molecule has 1 fully saturated rings. The van der Waals surface area contributed by atoms with Gasteiger partial charge in [0.05, 0.1) is 29.2 Å². The van der Waals surface area contributed by atoms with Crippen molar-refractivity contribution in [2.24, 2.45) is 0 Å². The lowest BCUT2D eigenvalue weighted by molar-refractivity contribution is -0.274. The third kappa shape index (κ3) is 7.08. The summed E-state index contributed by atoms with van der Waals surface area (Å²) in [5, 5.41) is 12.3. The van der Waals surface area contributed by atoms with Crippen LogP contribution in [0, 0.1) is 6.92 Å². The largest absolute Gasteiger partial charge is 0.573 e. The number of aromatic nitrogens is 3. The number of amides is 1. The number of β-amino-alcohol motifs (C(OH)–C–C–N with tert-alkyl or cyclic N) is 1. The average molecular weight is 541 g/mol. The molecule has 10 nitrogen and oxygen atoms in total.